The SMILES string of the molecule is NCc1n[nH]nc1-c1ccc2c(c1)OCO2. The number of nitrogens with zero attached hydrogens (tertiary/aromatic N) is 2. The zero-order chi connectivity index (χ0) is 11.0. The van der Waals surface area contributed by atoms with Crippen LogP contribution in [0.15, 0.2) is 18.2 Å². The van der Waals surface area contributed by atoms with Crippen LogP contribution in [-0.4, -0.2) is 22.2 Å². The first-order valence-electron chi connectivity index (χ1n) is 4.88. The summed E-state index contributed by atoms with van der Waals surface area (Å²) in [6, 6.07) is 5.64. The third-order valence-electron chi connectivity index (χ3n) is 2.46. The van der Waals surface area contributed by atoms with Crippen molar-refractivity contribution in [3.8, 4) is 22.8 Å². The van der Waals surface area contributed by atoms with Crippen LogP contribution in [0.25, 0.3) is 11.3 Å². The van der Waals surface area contributed by atoms with E-state index in [9.17, 15) is 0 Å². The maximum Gasteiger partial charge on any atom is 0.231 e. The molecule has 1 aliphatic heterocycles. The lowest BCUT2D eigenvalue weighted by Crippen LogP contribution is -1.98. The summed E-state index contributed by atoms with van der Waals surface area (Å²) in [6.07, 6.45) is 0. The highest BCUT2D eigenvalue weighted by atomic mass is 16.7. The van der Waals surface area contributed by atoms with Gasteiger partial charge in [0, 0.05) is 12.1 Å². The molecule has 3 rings (SSSR count). The Balaban J connectivity index is 2.07. The van der Waals surface area contributed by atoms with E-state index in [-0.39, 0.29) is 6.79 Å². The molecule has 2 heterocycles. The molecule has 1 aromatic carbocycles. The van der Waals surface area contributed by atoms with Crippen LogP contribution < -0.4 is 15.2 Å². The summed E-state index contributed by atoms with van der Waals surface area (Å²) in [6.45, 7) is 0.613. The second kappa shape index (κ2) is 3.49. The van der Waals surface area contributed by atoms with Gasteiger partial charge in [-0.2, -0.15) is 15.4 Å². The van der Waals surface area contributed by atoms with E-state index in [2.05, 4.69) is 15.4 Å². The molecule has 1 aliphatic rings. The summed E-state index contributed by atoms with van der Waals surface area (Å²) >= 11 is 0. The van der Waals surface area contributed by atoms with Gasteiger partial charge >= 0.3 is 0 Å². The third kappa shape index (κ3) is 1.31. The molecule has 0 fully saturated rings. The molecule has 16 heavy (non-hydrogen) atoms. The molecule has 82 valence electrons. The Morgan fingerprint density at radius 1 is 1.25 bits per heavy atom. The summed E-state index contributed by atoms with van der Waals surface area (Å²) in [5, 5.41) is 10.6. The monoisotopic (exact) mass is 218 g/mol. The quantitative estimate of drug-likeness (QED) is 0.773. The third-order valence-corrected chi connectivity index (χ3v) is 2.46. The van der Waals surface area contributed by atoms with Crippen molar-refractivity contribution in [2.45, 2.75) is 6.54 Å². The van der Waals surface area contributed by atoms with Crippen molar-refractivity contribution in [3.63, 3.8) is 0 Å². The Morgan fingerprint density at radius 2 is 2.12 bits per heavy atom. The van der Waals surface area contributed by atoms with E-state index in [0.717, 1.165) is 28.5 Å². The van der Waals surface area contributed by atoms with Gasteiger partial charge in [-0.05, 0) is 18.2 Å². The predicted octanol–water partition coefficient (Wildman–Crippen LogP) is 0.659. The largest absolute Gasteiger partial charge is 0.454 e. The van der Waals surface area contributed by atoms with Crippen molar-refractivity contribution in [2.75, 3.05) is 6.79 Å². The summed E-state index contributed by atoms with van der Waals surface area (Å²) in [7, 11) is 0. The van der Waals surface area contributed by atoms with Gasteiger partial charge in [-0.15, -0.1) is 0 Å². The fourth-order valence-electron chi connectivity index (χ4n) is 1.67. The van der Waals surface area contributed by atoms with E-state index >= 15 is 0 Å². The van der Waals surface area contributed by atoms with Crippen LogP contribution >= 0.6 is 0 Å². The summed E-state index contributed by atoms with van der Waals surface area (Å²) in [5.41, 5.74) is 7.97. The van der Waals surface area contributed by atoms with E-state index in [1.54, 1.807) is 0 Å². The lowest BCUT2D eigenvalue weighted by molar-refractivity contribution is 0.174. The number of ether oxygens (including phenoxy) is 2. The van der Waals surface area contributed by atoms with Gasteiger partial charge in [0.25, 0.3) is 0 Å². The number of hydrogen-bond acceptors (Lipinski definition) is 5. The second-order valence-electron chi connectivity index (χ2n) is 3.39. The number of benzene rings is 1. The average Bonchev–Trinajstić information content (AvgIpc) is 2.96. The minimum atomic E-state index is 0.265. The van der Waals surface area contributed by atoms with Crippen LogP contribution in [0, 0.1) is 0 Å². The summed E-state index contributed by atoms with van der Waals surface area (Å²) in [5.74, 6) is 1.48. The van der Waals surface area contributed by atoms with Gasteiger partial charge < -0.3 is 15.2 Å². The van der Waals surface area contributed by atoms with Crippen LogP contribution in [-0.2, 0) is 6.54 Å². The molecular formula is C10H10N4O2. The van der Waals surface area contributed by atoms with E-state index in [1.165, 1.54) is 0 Å². The number of aromatic amines is 1. The molecule has 0 saturated heterocycles. The Labute approximate surface area is 91.4 Å². The number of hydrogen-bond donors (Lipinski definition) is 2. The van der Waals surface area contributed by atoms with Crippen molar-refractivity contribution in [1.29, 1.82) is 0 Å². The van der Waals surface area contributed by atoms with Crippen LogP contribution in [0.4, 0.5) is 0 Å². The molecular weight excluding hydrogens is 208 g/mol. The second-order valence-corrected chi connectivity index (χ2v) is 3.39. The van der Waals surface area contributed by atoms with Crippen molar-refractivity contribution < 1.29 is 9.47 Å². The Kier molecular flexibility index (Phi) is 2.00. The minimum Gasteiger partial charge on any atom is -0.454 e. The number of nitrogens with two attached hydrogens (primary N) is 1. The van der Waals surface area contributed by atoms with Crippen LogP contribution in [0.3, 0.4) is 0 Å². The van der Waals surface area contributed by atoms with Crippen molar-refractivity contribution >= 4 is 0 Å². The normalized spacial score (nSPS) is 13.1. The van der Waals surface area contributed by atoms with Gasteiger partial charge in [-0.1, -0.05) is 0 Å². The van der Waals surface area contributed by atoms with E-state index in [4.69, 9.17) is 15.2 Å². The molecule has 0 unspecified atom stereocenters. The summed E-state index contributed by atoms with van der Waals surface area (Å²) in [4.78, 5) is 0. The number of aromatic nitrogens is 3. The van der Waals surface area contributed by atoms with E-state index in [0.29, 0.717) is 6.54 Å². The molecule has 2 aromatic rings. The standard InChI is InChI=1S/C10H10N4O2/c11-4-7-10(13-14-12-7)6-1-2-8-9(3-6)16-5-15-8/h1-3H,4-5,11H2,(H,12,13,14). The first-order valence-corrected chi connectivity index (χ1v) is 4.88. The highest BCUT2D eigenvalue weighted by Crippen LogP contribution is 2.35. The lowest BCUT2D eigenvalue weighted by atomic mass is 10.1. The van der Waals surface area contributed by atoms with Gasteiger partial charge in [-0.25, -0.2) is 0 Å². The first-order chi connectivity index (χ1) is 7.88. The highest BCUT2D eigenvalue weighted by Gasteiger charge is 2.16. The van der Waals surface area contributed by atoms with Gasteiger partial charge in [0.1, 0.15) is 11.4 Å². The molecule has 6 heteroatoms. The van der Waals surface area contributed by atoms with Crippen molar-refractivity contribution in [3.05, 3.63) is 23.9 Å². The zero-order valence-electron chi connectivity index (χ0n) is 8.43. The van der Waals surface area contributed by atoms with Crippen LogP contribution in [0.5, 0.6) is 11.5 Å². The Bertz CT molecular complexity index is 523. The van der Waals surface area contributed by atoms with Crippen LogP contribution in [0.2, 0.25) is 0 Å². The smallest absolute Gasteiger partial charge is 0.231 e. The molecule has 0 bridgehead atoms. The molecule has 1 aromatic heterocycles. The fraction of sp³-hybridized carbons (Fsp3) is 0.200. The number of nitrogens with one attached hydrogen (secondary N) is 1. The van der Waals surface area contributed by atoms with Gasteiger partial charge in [0.2, 0.25) is 6.79 Å². The Hall–Kier alpha value is -2.08. The van der Waals surface area contributed by atoms with E-state index < -0.39 is 0 Å². The fourth-order valence-corrected chi connectivity index (χ4v) is 1.67. The zero-order valence-corrected chi connectivity index (χ0v) is 8.43. The van der Waals surface area contributed by atoms with Crippen molar-refractivity contribution in [2.24, 2.45) is 5.73 Å². The van der Waals surface area contributed by atoms with Crippen molar-refractivity contribution in [1.82, 2.24) is 15.4 Å². The predicted molar refractivity (Wildman–Crippen MR) is 55.8 cm³/mol. The number of fused-ring (bicyclic) bond motifs is 1. The molecule has 0 radical (unpaired) electrons. The highest BCUT2D eigenvalue weighted by molar-refractivity contribution is 5.65. The van der Waals surface area contributed by atoms with Gasteiger partial charge in [0.05, 0.1) is 0 Å². The van der Waals surface area contributed by atoms with Gasteiger partial charge in [-0.3, -0.25) is 0 Å². The van der Waals surface area contributed by atoms with E-state index in [1.807, 2.05) is 18.2 Å². The average molecular weight is 218 g/mol. The molecule has 0 spiro atoms. The molecule has 6 nitrogen and oxygen atoms in total. The molecule has 0 amide bonds. The summed E-state index contributed by atoms with van der Waals surface area (Å²) < 4.78 is 10.5. The molecule has 0 aliphatic carbocycles. The van der Waals surface area contributed by atoms with Crippen LogP contribution in [0.1, 0.15) is 5.69 Å². The number of rotatable bonds is 2. The minimum absolute atomic E-state index is 0.265. The maximum absolute atomic E-state index is 5.57. The molecule has 0 atom stereocenters. The first kappa shape index (κ1) is 9.17. The van der Waals surface area contributed by atoms with Gasteiger partial charge in [0.15, 0.2) is 11.5 Å². The lowest BCUT2D eigenvalue weighted by Gasteiger charge is -2.00. The number of H-pyrrole nitrogens is 1. The molecule has 0 saturated carbocycles. The molecule has 3 N–H and O–H groups in total. The maximum atomic E-state index is 5.57. The Morgan fingerprint density at radius 3 is 3.00 bits per heavy atom. The topological polar surface area (TPSA) is 86.1 Å².